The SMILES string of the molecule is CC1(C)CCC(C)(C)c2c1cc1c3c2Oc2ccc(N4c5ccccc5C(C)(C)c5ccccc54)cc2B3c2ccccc2O1. The molecule has 5 aromatic rings. The summed E-state index contributed by atoms with van der Waals surface area (Å²) in [4.78, 5) is 2.44. The van der Waals surface area contributed by atoms with Crippen LogP contribution in [0.3, 0.4) is 0 Å². The summed E-state index contributed by atoms with van der Waals surface area (Å²) in [6, 6.07) is 35.4. The molecule has 0 aromatic heterocycles. The molecule has 0 radical (unpaired) electrons. The Morgan fingerprint density at radius 1 is 0.578 bits per heavy atom. The van der Waals surface area contributed by atoms with Gasteiger partial charge in [0.25, 0.3) is 6.71 Å². The monoisotopic (exact) mass is 587 g/mol. The minimum absolute atomic E-state index is 0.00218. The molecule has 4 aliphatic rings. The lowest BCUT2D eigenvalue weighted by molar-refractivity contribution is 0.318. The van der Waals surface area contributed by atoms with E-state index in [2.05, 4.69) is 144 Å². The molecule has 3 nitrogen and oxygen atoms in total. The van der Waals surface area contributed by atoms with Gasteiger partial charge in [-0.25, -0.2) is 0 Å². The van der Waals surface area contributed by atoms with Crippen LogP contribution >= 0.6 is 0 Å². The van der Waals surface area contributed by atoms with E-state index in [1.165, 1.54) is 50.0 Å². The molecule has 4 heteroatoms. The van der Waals surface area contributed by atoms with E-state index < -0.39 is 0 Å². The first kappa shape index (κ1) is 26.9. The molecule has 0 fully saturated rings. The van der Waals surface area contributed by atoms with Gasteiger partial charge in [0.2, 0.25) is 0 Å². The number of ether oxygens (including phenoxy) is 2. The fourth-order valence-electron chi connectivity index (χ4n) is 8.66. The number of fused-ring (bicyclic) bond motifs is 8. The van der Waals surface area contributed by atoms with Crippen LogP contribution in [0.15, 0.2) is 97.1 Å². The molecule has 222 valence electrons. The summed E-state index contributed by atoms with van der Waals surface area (Å²) in [6.45, 7) is 14.2. The molecule has 45 heavy (non-hydrogen) atoms. The Bertz CT molecular complexity index is 2020. The predicted molar refractivity (Wildman–Crippen MR) is 186 cm³/mol. The summed E-state index contributed by atoms with van der Waals surface area (Å²) in [6.07, 6.45) is 2.26. The van der Waals surface area contributed by atoms with Crippen molar-refractivity contribution in [2.24, 2.45) is 0 Å². The second-order valence-electron chi connectivity index (χ2n) is 15.2. The van der Waals surface area contributed by atoms with Crippen LogP contribution in [0.5, 0.6) is 23.0 Å². The number of benzene rings is 5. The van der Waals surface area contributed by atoms with Gasteiger partial charge in [0.15, 0.2) is 0 Å². The zero-order valence-corrected chi connectivity index (χ0v) is 27.0. The van der Waals surface area contributed by atoms with Crippen molar-refractivity contribution in [3.05, 3.63) is 119 Å². The first-order chi connectivity index (χ1) is 21.6. The van der Waals surface area contributed by atoms with Gasteiger partial charge in [-0.2, -0.15) is 0 Å². The Morgan fingerprint density at radius 2 is 1.20 bits per heavy atom. The van der Waals surface area contributed by atoms with Gasteiger partial charge in [-0.15, -0.1) is 0 Å². The van der Waals surface area contributed by atoms with Crippen LogP contribution in [0, 0.1) is 0 Å². The second kappa shape index (κ2) is 8.84. The van der Waals surface area contributed by atoms with E-state index in [9.17, 15) is 0 Å². The summed E-state index contributed by atoms with van der Waals surface area (Å²) in [5.41, 5.74) is 12.5. The Hall–Kier alpha value is -4.44. The fraction of sp³-hybridized carbons (Fsp3) is 0.268. The summed E-state index contributed by atoms with van der Waals surface area (Å²) < 4.78 is 13.8. The van der Waals surface area contributed by atoms with Crippen LogP contribution < -0.4 is 30.8 Å². The predicted octanol–water partition coefficient (Wildman–Crippen LogP) is 8.87. The molecule has 0 amide bonds. The molecule has 0 spiro atoms. The minimum atomic E-state index is -0.103. The Labute approximate surface area is 266 Å². The smallest absolute Gasteiger partial charge is 0.260 e. The first-order valence-corrected chi connectivity index (χ1v) is 16.4. The molecule has 3 aliphatic heterocycles. The first-order valence-electron chi connectivity index (χ1n) is 16.4. The quantitative estimate of drug-likeness (QED) is 0.179. The van der Waals surface area contributed by atoms with E-state index in [1.807, 2.05) is 0 Å². The van der Waals surface area contributed by atoms with Gasteiger partial charge in [-0.05, 0) is 93.8 Å². The molecule has 5 aromatic carbocycles. The highest BCUT2D eigenvalue weighted by atomic mass is 16.5. The maximum atomic E-state index is 7.08. The van der Waals surface area contributed by atoms with Gasteiger partial charge in [-0.3, -0.25) is 0 Å². The van der Waals surface area contributed by atoms with Crippen molar-refractivity contribution in [1.82, 2.24) is 0 Å². The zero-order chi connectivity index (χ0) is 30.9. The third kappa shape index (κ3) is 3.60. The molecule has 0 unspecified atom stereocenters. The highest BCUT2D eigenvalue weighted by Gasteiger charge is 2.48. The van der Waals surface area contributed by atoms with Crippen molar-refractivity contribution in [1.29, 1.82) is 0 Å². The van der Waals surface area contributed by atoms with Crippen LogP contribution in [-0.4, -0.2) is 6.71 Å². The molecule has 0 saturated carbocycles. The lowest BCUT2D eigenvalue weighted by Gasteiger charge is -2.45. The van der Waals surface area contributed by atoms with Crippen LogP contribution in [0.25, 0.3) is 0 Å². The molecule has 0 bridgehead atoms. The fourth-order valence-corrected chi connectivity index (χ4v) is 8.66. The van der Waals surface area contributed by atoms with Crippen LogP contribution in [0.4, 0.5) is 17.1 Å². The Balaban J connectivity index is 1.30. The van der Waals surface area contributed by atoms with Crippen molar-refractivity contribution in [3.63, 3.8) is 0 Å². The normalized spacial score (nSPS) is 18.6. The molecular formula is C41H38BNO2. The Kier molecular flexibility index (Phi) is 5.29. The standard InChI is InChI=1S/C41H38BNO2/c1-39(2)21-22-40(3,4)36-28(39)24-35-37-38(36)45-34-20-19-25(23-30(34)42(37)29-15-9-12-18-33(29)44-35)43-31-16-10-7-13-26(31)41(5,6)27-14-8-11-17-32(27)43/h7-20,23-24H,21-22H2,1-6H3. The lowest BCUT2D eigenvalue weighted by atomic mass is 9.34. The van der Waals surface area contributed by atoms with Crippen LogP contribution in [-0.2, 0) is 16.2 Å². The van der Waals surface area contributed by atoms with Crippen LogP contribution in [0.1, 0.15) is 76.6 Å². The van der Waals surface area contributed by atoms with Crippen molar-refractivity contribution in [2.45, 2.75) is 70.6 Å². The minimum Gasteiger partial charge on any atom is -0.458 e. The molecular weight excluding hydrogens is 549 g/mol. The zero-order valence-electron chi connectivity index (χ0n) is 27.0. The highest BCUT2D eigenvalue weighted by Crippen LogP contribution is 2.54. The highest BCUT2D eigenvalue weighted by molar-refractivity contribution is 6.98. The summed E-state index contributed by atoms with van der Waals surface area (Å²) in [7, 11) is 0. The van der Waals surface area contributed by atoms with E-state index in [0.717, 1.165) is 41.5 Å². The van der Waals surface area contributed by atoms with Gasteiger partial charge >= 0.3 is 0 Å². The summed E-state index contributed by atoms with van der Waals surface area (Å²) in [5.74, 6) is 3.81. The molecule has 3 heterocycles. The van der Waals surface area contributed by atoms with Gasteiger partial charge in [-0.1, -0.05) is 96.1 Å². The van der Waals surface area contributed by atoms with Crippen LogP contribution in [0.2, 0.25) is 0 Å². The molecule has 0 atom stereocenters. The number of anilines is 3. The Morgan fingerprint density at radius 3 is 1.93 bits per heavy atom. The lowest BCUT2D eigenvalue weighted by Crippen LogP contribution is -2.58. The molecule has 1 aliphatic carbocycles. The van der Waals surface area contributed by atoms with Gasteiger partial charge in [0, 0.05) is 22.1 Å². The largest absolute Gasteiger partial charge is 0.458 e. The second-order valence-corrected chi connectivity index (χ2v) is 15.2. The third-order valence-electron chi connectivity index (χ3n) is 11.2. The maximum Gasteiger partial charge on any atom is 0.260 e. The maximum absolute atomic E-state index is 7.08. The molecule has 9 rings (SSSR count). The average molecular weight is 588 g/mol. The van der Waals surface area contributed by atoms with Gasteiger partial charge in [0.1, 0.15) is 23.0 Å². The van der Waals surface area contributed by atoms with E-state index in [-0.39, 0.29) is 23.0 Å². The van der Waals surface area contributed by atoms with E-state index in [0.29, 0.717) is 0 Å². The number of hydrogen-bond acceptors (Lipinski definition) is 3. The van der Waals surface area contributed by atoms with Gasteiger partial charge in [0.05, 0.1) is 11.4 Å². The number of para-hydroxylation sites is 3. The van der Waals surface area contributed by atoms with E-state index in [1.54, 1.807) is 0 Å². The van der Waals surface area contributed by atoms with Crippen molar-refractivity contribution in [3.8, 4) is 23.0 Å². The average Bonchev–Trinajstić information content (AvgIpc) is 3.03. The van der Waals surface area contributed by atoms with Gasteiger partial charge < -0.3 is 14.4 Å². The molecule has 0 N–H and O–H groups in total. The van der Waals surface area contributed by atoms with Crippen molar-refractivity contribution in [2.75, 3.05) is 4.90 Å². The van der Waals surface area contributed by atoms with Crippen molar-refractivity contribution < 1.29 is 9.47 Å². The molecule has 0 saturated heterocycles. The summed E-state index contributed by atoms with van der Waals surface area (Å²) >= 11 is 0. The number of hydrogen-bond donors (Lipinski definition) is 0. The van der Waals surface area contributed by atoms with E-state index in [4.69, 9.17) is 9.47 Å². The number of nitrogens with zero attached hydrogens (tertiary/aromatic N) is 1. The summed E-state index contributed by atoms with van der Waals surface area (Å²) in [5, 5.41) is 0. The number of rotatable bonds is 1. The van der Waals surface area contributed by atoms with Crippen molar-refractivity contribution >= 4 is 40.2 Å². The topological polar surface area (TPSA) is 21.7 Å². The van der Waals surface area contributed by atoms with E-state index >= 15 is 0 Å². The third-order valence-corrected chi connectivity index (χ3v) is 11.2.